The molecule has 0 radical (unpaired) electrons. The molecule has 0 amide bonds. The first-order valence-corrected chi connectivity index (χ1v) is 7.14. The van der Waals surface area contributed by atoms with Crippen LogP contribution in [0.1, 0.15) is 17.2 Å². The fourth-order valence-corrected chi connectivity index (χ4v) is 2.59. The Labute approximate surface area is 130 Å². The summed E-state index contributed by atoms with van der Waals surface area (Å²) in [5, 5.41) is 10.7. The predicted octanol–water partition coefficient (Wildman–Crippen LogP) is 4.53. The molecule has 0 heterocycles. The van der Waals surface area contributed by atoms with E-state index in [4.69, 9.17) is 16.3 Å². The Bertz CT molecular complexity index is 619. The second-order valence-corrected chi connectivity index (χ2v) is 5.61. The molecule has 0 aromatic heterocycles. The molecule has 2 aromatic rings. The molecule has 0 saturated heterocycles. The summed E-state index contributed by atoms with van der Waals surface area (Å²) in [4.78, 5) is 0. The molecule has 1 atom stereocenters. The lowest BCUT2D eigenvalue weighted by Gasteiger charge is -2.14. The van der Waals surface area contributed by atoms with Gasteiger partial charge in [-0.15, -0.1) is 0 Å². The van der Waals surface area contributed by atoms with Crippen LogP contribution in [0.25, 0.3) is 0 Å². The highest BCUT2D eigenvalue weighted by Crippen LogP contribution is 2.30. The van der Waals surface area contributed by atoms with Gasteiger partial charge in [-0.3, -0.25) is 0 Å². The zero-order chi connectivity index (χ0) is 14.7. The molecule has 5 heteroatoms. The van der Waals surface area contributed by atoms with Crippen molar-refractivity contribution in [3.63, 3.8) is 0 Å². The van der Waals surface area contributed by atoms with Crippen LogP contribution < -0.4 is 4.74 Å². The zero-order valence-corrected chi connectivity index (χ0v) is 13.1. The van der Waals surface area contributed by atoms with Crippen molar-refractivity contribution in [3.05, 3.63) is 62.8 Å². The molecule has 0 fully saturated rings. The van der Waals surface area contributed by atoms with Gasteiger partial charge in [0.05, 0.1) is 18.2 Å². The van der Waals surface area contributed by atoms with Crippen molar-refractivity contribution in [2.75, 3.05) is 7.11 Å². The number of ether oxygens (including phenoxy) is 1. The third-order valence-electron chi connectivity index (χ3n) is 2.98. The molecule has 2 nitrogen and oxygen atoms in total. The molecule has 0 aliphatic carbocycles. The van der Waals surface area contributed by atoms with E-state index in [1.807, 2.05) is 0 Å². The minimum Gasteiger partial charge on any atom is -0.495 e. The Morgan fingerprint density at radius 2 is 2.05 bits per heavy atom. The van der Waals surface area contributed by atoms with E-state index in [2.05, 4.69) is 15.9 Å². The van der Waals surface area contributed by atoms with Gasteiger partial charge in [0.1, 0.15) is 11.6 Å². The van der Waals surface area contributed by atoms with Crippen LogP contribution in [0.3, 0.4) is 0 Å². The quantitative estimate of drug-likeness (QED) is 0.869. The Balaban J connectivity index is 2.21. The molecule has 1 N–H and O–H groups in total. The first-order valence-electron chi connectivity index (χ1n) is 5.96. The van der Waals surface area contributed by atoms with E-state index in [1.165, 1.54) is 19.2 Å². The van der Waals surface area contributed by atoms with Crippen LogP contribution in [0.2, 0.25) is 5.02 Å². The van der Waals surface area contributed by atoms with Crippen LogP contribution in [0, 0.1) is 5.82 Å². The van der Waals surface area contributed by atoms with E-state index in [1.54, 1.807) is 24.3 Å². The smallest absolute Gasteiger partial charge is 0.137 e. The Morgan fingerprint density at radius 1 is 1.30 bits per heavy atom. The van der Waals surface area contributed by atoms with Gasteiger partial charge in [0.2, 0.25) is 0 Å². The maximum atomic E-state index is 13.2. The van der Waals surface area contributed by atoms with Crippen molar-refractivity contribution < 1.29 is 14.2 Å². The topological polar surface area (TPSA) is 29.5 Å². The van der Waals surface area contributed by atoms with E-state index in [0.29, 0.717) is 28.3 Å². The Morgan fingerprint density at radius 3 is 2.70 bits per heavy atom. The van der Waals surface area contributed by atoms with Gasteiger partial charge in [-0.1, -0.05) is 33.6 Å². The summed E-state index contributed by atoms with van der Waals surface area (Å²) in [5.74, 6) is 0.220. The van der Waals surface area contributed by atoms with Gasteiger partial charge in [0.25, 0.3) is 0 Å². The minimum atomic E-state index is -0.767. The van der Waals surface area contributed by atoms with E-state index < -0.39 is 6.10 Å². The van der Waals surface area contributed by atoms with Gasteiger partial charge in [-0.2, -0.15) is 0 Å². The van der Waals surface area contributed by atoms with Crippen molar-refractivity contribution in [2.24, 2.45) is 0 Å². The summed E-state index contributed by atoms with van der Waals surface area (Å²) < 4.78 is 19.0. The summed E-state index contributed by atoms with van der Waals surface area (Å²) >= 11 is 9.37. The number of rotatable bonds is 4. The molecule has 0 aliphatic heterocycles. The van der Waals surface area contributed by atoms with Crippen LogP contribution in [0.4, 0.5) is 4.39 Å². The molecule has 20 heavy (non-hydrogen) atoms. The fraction of sp³-hybridized carbons (Fsp3) is 0.200. The summed E-state index contributed by atoms with van der Waals surface area (Å²) in [7, 11) is 1.53. The fourth-order valence-electron chi connectivity index (χ4n) is 1.92. The van der Waals surface area contributed by atoms with Gasteiger partial charge >= 0.3 is 0 Å². The monoisotopic (exact) mass is 358 g/mol. The summed E-state index contributed by atoms with van der Waals surface area (Å²) in [5.41, 5.74) is 1.36. The Hall–Kier alpha value is -1.10. The lowest BCUT2D eigenvalue weighted by Crippen LogP contribution is -2.03. The lowest BCUT2D eigenvalue weighted by molar-refractivity contribution is 0.178. The van der Waals surface area contributed by atoms with E-state index in [-0.39, 0.29) is 5.82 Å². The molecule has 0 aliphatic rings. The number of methoxy groups -OCH3 is 1. The maximum Gasteiger partial charge on any atom is 0.137 e. The number of hydrogen-bond acceptors (Lipinski definition) is 2. The standard InChI is InChI=1S/C15H13BrClFO2/c1-20-15-5-2-9(7-13(15)17)14(19)8-10-6-11(18)3-4-12(10)16/h2-7,14,19H,8H2,1H3. The first kappa shape index (κ1) is 15.3. The normalized spacial score (nSPS) is 12.2. The number of benzene rings is 2. The number of halogens is 3. The SMILES string of the molecule is COc1ccc(C(O)Cc2cc(F)ccc2Br)cc1Cl. The van der Waals surface area contributed by atoms with Crippen LogP contribution in [-0.4, -0.2) is 12.2 Å². The largest absolute Gasteiger partial charge is 0.495 e. The summed E-state index contributed by atoms with van der Waals surface area (Å²) in [6.45, 7) is 0. The van der Waals surface area contributed by atoms with E-state index in [9.17, 15) is 9.50 Å². The molecule has 0 spiro atoms. The van der Waals surface area contributed by atoms with Crippen LogP contribution in [0.5, 0.6) is 5.75 Å². The van der Waals surface area contributed by atoms with Crippen molar-refractivity contribution in [1.82, 2.24) is 0 Å². The summed E-state index contributed by atoms with van der Waals surface area (Å²) in [6, 6.07) is 9.48. The van der Waals surface area contributed by atoms with Gasteiger partial charge in [0.15, 0.2) is 0 Å². The van der Waals surface area contributed by atoms with E-state index in [0.717, 1.165) is 4.47 Å². The summed E-state index contributed by atoms with van der Waals surface area (Å²) in [6.07, 6.45) is -0.474. The van der Waals surface area contributed by atoms with E-state index >= 15 is 0 Å². The van der Waals surface area contributed by atoms with Crippen LogP contribution in [0.15, 0.2) is 40.9 Å². The second-order valence-electron chi connectivity index (χ2n) is 4.35. The average Bonchev–Trinajstić information content (AvgIpc) is 2.42. The zero-order valence-electron chi connectivity index (χ0n) is 10.7. The van der Waals surface area contributed by atoms with Gasteiger partial charge < -0.3 is 9.84 Å². The van der Waals surface area contributed by atoms with Gasteiger partial charge in [-0.05, 0) is 41.5 Å². The maximum absolute atomic E-state index is 13.2. The molecule has 0 saturated carbocycles. The van der Waals surface area contributed by atoms with Crippen molar-refractivity contribution >= 4 is 27.5 Å². The third kappa shape index (κ3) is 3.51. The number of hydrogen-bond donors (Lipinski definition) is 1. The predicted molar refractivity (Wildman–Crippen MR) is 80.8 cm³/mol. The number of aliphatic hydroxyl groups is 1. The highest BCUT2D eigenvalue weighted by molar-refractivity contribution is 9.10. The molecular formula is C15H13BrClFO2. The first-order chi connectivity index (χ1) is 9.51. The highest BCUT2D eigenvalue weighted by Gasteiger charge is 2.13. The van der Waals surface area contributed by atoms with Crippen molar-refractivity contribution in [2.45, 2.75) is 12.5 Å². The Kier molecular flexibility index (Phi) is 5.02. The van der Waals surface area contributed by atoms with Gasteiger partial charge in [-0.25, -0.2) is 4.39 Å². The second kappa shape index (κ2) is 6.57. The average molecular weight is 360 g/mol. The lowest BCUT2D eigenvalue weighted by atomic mass is 10.0. The molecule has 2 rings (SSSR count). The molecular weight excluding hydrogens is 347 g/mol. The van der Waals surface area contributed by atoms with Crippen LogP contribution in [-0.2, 0) is 6.42 Å². The molecule has 0 bridgehead atoms. The molecule has 1 unspecified atom stereocenters. The van der Waals surface area contributed by atoms with Crippen molar-refractivity contribution in [1.29, 1.82) is 0 Å². The third-order valence-corrected chi connectivity index (χ3v) is 4.05. The van der Waals surface area contributed by atoms with Crippen molar-refractivity contribution in [3.8, 4) is 5.75 Å². The molecule has 2 aromatic carbocycles. The highest BCUT2D eigenvalue weighted by atomic mass is 79.9. The molecule has 106 valence electrons. The van der Waals surface area contributed by atoms with Gasteiger partial charge in [0, 0.05) is 10.9 Å². The minimum absolute atomic E-state index is 0.293. The van der Waals surface area contributed by atoms with Crippen LogP contribution >= 0.6 is 27.5 Å². The number of aliphatic hydroxyl groups excluding tert-OH is 1.